The van der Waals surface area contributed by atoms with E-state index in [2.05, 4.69) is 12.2 Å². The van der Waals surface area contributed by atoms with Gasteiger partial charge in [0.1, 0.15) is 0 Å². The number of esters is 1. The van der Waals surface area contributed by atoms with Crippen molar-refractivity contribution in [2.24, 2.45) is 0 Å². The van der Waals surface area contributed by atoms with Gasteiger partial charge in [-0.2, -0.15) is 0 Å². The molecule has 1 N–H and O–H groups in total. The van der Waals surface area contributed by atoms with Crippen molar-refractivity contribution in [3.05, 3.63) is 70.2 Å². The summed E-state index contributed by atoms with van der Waals surface area (Å²) < 4.78 is 4.97. The average Bonchev–Trinajstić information content (AvgIpc) is 2.71. The lowest BCUT2D eigenvalue weighted by atomic mass is 10.0. The number of ether oxygens (including phenoxy) is 1. The fourth-order valence-electron chi connectivity index (χ4n) is 2.87. The summed E-state index contributed by atoms with van der Waals surface area (Å²) in [5, 5.41) is 3.33. The molecule has 0 aliphatic rings. The van der Waals surface area contributed by atoms with E-state index in [0.29, 0.717) is 10.6 Å². The normalized spacial score (nSPS) is 11.6. The Morgan fingerprint density at radius 1 is 1.07 bits per heavy atom. The second-order valence-corrected chi connectivity index (χ2v) is 7.31. The van der Waals surface area contributed by atoms with Gasteiger partial charge in [0.25, 0.3) is 5.91 Å². The minimum Gasteiger partial charge on any atom is -0.456 e. The SMILES string of the molecule is CCCc1ccc(C(=O)CCC(=O)OCC(=O)N[C@@H](C)c2cccc(Cl)c2)cc1. The Labute approximate surface area is 176 Å². The van der Waals surface area contributed by atoms with Gasteiger partial charge in [-0.05, 0) is 36.6 Å². The van der Waals surface area contributed by atoms with Crippen LogP contribution < -0.4 is 5.32 Å². The van der Waals surface area contributed by atoms with E-state index < -0.39 is 11.9 Å². The topological polar surface area (TPSA) is 72.5 Å². The Morgan fingerprint density at radius 3 is 2.45 bits per heavy atom. The number of hydrogen-bond donors (Lipinski definition) is 1. The van der Waals surface area contributed by atoms with E-state index in [1.54, 1.807) is 30.3 Å². The molecule has 29 heavy (non-hydrogen) atoms. The summed E-state index contributed by atoms with van der Waals surface area (Å²) in [5.74, 6) is -1.11. The van der Waals surface area contributed by atoms with E-state index in [1.165, 1.54) is 5.56 Å². The number of aryl methyl sites for hydroxylation is 1. The summed E-state index contributed by atoms with van der Waals surface area (Å²) in [4.78, 5) is 36.0. The van der Waals surface area contributed by atoms with E-state index in [1.807, 2.05) is 25.1 Å². The van der Waals surface area contributed by atoms with Crippen molar-refractivity contribution in [1.82, 2.24) is 5.32 Å². The summed E-state index contributed by atoms with van der Waals surface area (Å²) >= 11 is 5.94. The van der Waals surface area contributed by atoms with Crippen LogP contribution in [0.2, 0.25) is 5.02 Å². The largest absolute Gasteiger partial charge is 0.456 e. The van der Waals surface area contributed by atoms with Gasteiger partial charge in [-0.1, -0.05) is 61.3 Å². The third kappa shape index (κ3) is 7.70. The number of hydrogen-bond acceptors (Lipinski definition) is 4. The van der Waals surface area contributed by atoms with E-state index in [9.17, 15) is 14.4 Å². The van der Waals surface area contributed by atoms with Crippen LogP contribution in [0.25, 0.3) is 0 Å². The molecule has 0 spiro atoms. The molecule has 154 valence electrons. The Morgan fingerprint density at radius 2 is 1.79 bits per heavy atom. The first kappa shape index (κ1) is 22.6. The first-order valence-electron chi connectivity index (χ1n) is 9.71. The second-order valence-electron chi connectivity index (χ2n) is 6.87. The predicted molar refractivity (Wildman–Crippen MR) is 113 cm³/mol. The number of Topliss-reactive ketones (excluding diaryl/α,β-unsaturated/α-hetero) is 1. The molecule has 5 nitrogen and oxygen atoms in total. The Hall–Kier alpha value is -2.66. The van der Waals surface area contributed by atoms with Gasteiger partial charge in [0.15, 0.2) is 12.4 Å². The van der Waals surface area contributed by atoms with Gasteiger partial charge in [-0.15, -0.1) is 0 Å². The van der Waals surface area contributed by atoms with Crippen LogP contribution in [-0.4, -0.2) is 24.3 Å². The lowest BCUT2D eigenvalue weighted by molar-refractivity contribution is -0.148. The van der Waals surface area contributed by atoms with Gasteiger partial charge < -0.3 is 10.1 Å². The summed E-state index contributed by atoms with van der Waals surface area (Å²) in [6.07, 6.45) is 2.00. The van der Waals surface area contributed by atoms with Gasteiger partial charge in [0.2, 0.25) is 0 Å². The van der Waals surface area contributed by atoms with E-state index in [0.717, 1.165) is 18.4 Å². The zero-order valence-corrected chi connectivity index (χ0v) is 17.5. The van der Waals surface area contributed by atoms with Crippen LogP contribution in [0.4, 0.5) is 0 Å². The number of rotatable bonds is 10. The van der Waals surface area contributed by atoms with Crippen LogP contribution in [0, 0.1) is 0 Å². The number of carbonyl (C=O) groups is 3. The van der Waals surface area contributed by atoms with Crippen molar-refractivity contribution in [2.45, 2.75) is 45.6 Å². The van der Waals surface area contributed by atoms with Crippen LogP contribution in [-0.2, 0) is 20.7 Å². The number of amides is 1. The highest BCUT2D eigenvalue weighted by Crippen LogP contribution is 2.17. The fourth-order valence-corrected chi connectivity index (χ4v) is 3.07. The number of benzene rings is 2. The highest BCUT2D eigenvalue weighted by Gasteiger charge is 2.14. The van der Waals surface area contributed by atoms with Crippen LogP contribution in [0.3, 0.4) is 0 Å². The van der Waals surface area contributed by atoms with Gasteiger partial charge >= 0.3 is 5.97 Å². The van der Waals surface area contributed by atoms with E-state index in [-0.39, 0.29) is 31.3 Å². The molecule has 0 saturated carbocycles. The Balaban J connectivity index is 1.72. The lowest BCUT2D eigenvalue weighted by Gasteiger charge is -2.14. The molecule has 0 heterocycles. The standard InChI is InChI=1S/C23H26ClNO4/c1-3-5-17-8-10-18(11-9-17)21(26)12-13-23(28)29-15-22(27)25-16(2)19-6-4-7-20(24)14-19/h4,6-11,14,16H,3,5,12-13,15H2,1-2H3,(H,25,27)/t16-/m0/s1. The molecule has 1 atom stereocenters. The molecule has 0 bridgehead atoms. The number of nitrogens with one attached hydrogen (secondary N) is 1. The molecular formula is C23H26ClNO4. The molecule has 0 fully saturated rings. The van der Waals surface area contributed by atoms with Gasteiger partial charge in [-0.3, -0.25) is 14.4 Å². The first-order chi connectivity index (χ1) is 13.9. The highest BCUT2D eigenvalue weighted by molar-refractivity contribution is 6.30. The molecule has 2 aromatic rings. The minimum atomic E-state index is -0.577. The second kappa shape index (κ2) is 11.4. The van der Waals surface area contributed by atoms with Crippen molar-refractivity contribution >= 4 is 29.3 Å². The number of carbonyl (C=O) groups excluding carboxylic acids is 3. The molecule has 2 aromatic carbocycles. The van der Waals surface area contributed by atoms with Crippen LogP contribution in [0.15, 0.2) is 48.5 Å². The molecule has 0 aliphatic carbocycles. The molecule has 1 amide bonds. The molecule has 0 aliphatic heterocycles. The van der Waals surface area contributed by atoms with Crippen molar-refractivity contribution < 1.29 is 19.1 Å². The first-order valence-corrected chi connectivity index (χ1v) is 10.1. The molecule has 0 saturated heterocycles. The van der Waals surface area contributed by atoms with Crippen molar-refractivity contribution in [1.29, 1.82) is 0 Å². The predicted octanol–water partition coefficient (Wildman–Crippen LogP) is 4.68. The number of halogens is 1. The molecule has 0 aromatic heterocycles. The molecule has 0 radical (unpaired) electrons. The average molecular weight is 416 g/mol. The molecule has 2 rings (SSSR count). The maximum Gasteiger partial charge on any atom is 0.306 e. The summed E-state index contributed by atoms with van der Waals surface area (Å²) in [6, 6.07) is 14.3. The number of ketones is 1. The monoisotopic (exact) mass is 415 g/mol. The highest BCUT2D eigenvalue weighted by atomic mass is 35.5. The summed E-state index contributed by atoms with van der Waals surface area (Å²) in [6.45, 7) is 3.53. The zero-order chi connectivity index (χ0) is 21.2. The molecular weight excluding hydrogens is 390 g/mol. The zero-order valence-electron chi connectivity index (χ0n) is 16.7. The van der Waals surface area contributed by atoms with Crippen LogP contribution >= 0.6 is 11.6 Å². The summed E-state index contributed by atoms with van der Waals surface area (Å²) in [5.41, 5.74) is 2.61. The van der Waals surface area contributed by atoms with E-state index in [4.69, 9.17) is 16.3 Å². The maximum atomic E-state index is 12.2. The van der Waals surface area contributed by atoms with Crippen molar-refractivity contribution in [3.8, 4) is 0 Å². The molecule has 0 unspecified atom stereocenters. The smallest absolute Gasteiger partial charge is 0.306 e. The minimum absolute atomic E-state index is 0.0481. The Kier molecular flexibility index (Phi) is 8.87. The summed E-state index contributed by atoms with van der Waals surface area (Å²) in [7, 11) is 0. The van der Waals surface area contributed by atoms with Gasteiger partial charge in [-0.25, -0.2) is 0 Å². The van der Waals surface area contributed by atoms with Crippen LogP contribution in [0.1, 0.15) is 60.6 Å². The maximum absolute atomic E-state index is 12.2. The van der Waals surface area contributed by atoms with Gasteiger partial charge in [0, 0.05) is 17.0 Å². The van der Waals surface area contributed by atoms with E-state index >= 15 is 0 Å². The van der Waals surface area contributed by atoms with Crippen molar-refractivity contribution in [3.63, 3.8) is 0 Å². The fraction of sp³-hybridized carbons (Fsp3) is 0.348. The van der Waals surface area contributed by atoms with Crippen LogP contribution in [0.5, 0.6) is 0 Å². The third-order valence-electron chi connectivity index (χ3n) is 4.46. The quantitative estimate of drug-likeness (QED) is 0.452. The Bertz CT molecular complexity index is 848. The van der Waals surface area contributed by atoms with Gasteiger partial charge in [0.05, 0.1) is 12.5 Å². The third-order valence-corrected chi connectivity index (χ3v) is 4.70. The lowest BCUT2D eigenvalue weighted by Crippen LogP contribution is -2.31. The van der Waals surface area contributed by atoms with Crippen molar-refractivity contribution in [2.75, 3.05) is 6.61 Å². The molecule has 6 heteroatoms.